The third-order valence-electron chi connectivity index (χ3n) is 1.50. The van der Waals surface area contributed by atoms with Crippen molar-refractivity contribution in [1.29, 1.82) is 5.26 Å². The molecule has 0 fully saturated rings. The number of hydrogen-bond donors (Lipinski definition) is 1. The normalized spacial score (nSPS) is 9.42. The maximum absolute atomic E-state index is 8.44. The summed E-state index contributed by atoms with van der Waals surface area (Å²) in [5, 5.41) is 11.0. The molecule has 1 aromatic heterocycles. The topological polar surface area (TPSA) is 75.6 Å². The molecule has 0 aromatic carbocycles. The smallest absolute Gasteiger partial charge is 0.221 e. The van der Waals surface area contributed by atoms with E-state index in [2.05, 4.69) is 9.97 Å². The fourth-order valence-electron chi connectivity index (χ4n) is 0.766. The quantitative estimate of drug-likeness (QED) is 0.400. The summed E-state index contributed by atoms with van der Waals surface area (Å²) in [5.41, 5.74) is 7.15. The Morgan fingerprint density at radius 3 is 2.67 bits per heavy atom. The number of rotatable bonds is 1. The predicted molar refractivity (Wildman–Crippen MR) is 47.4 cm³/mol. The van der Waals surface area contributed by atoms with Crippen molar-refractivity contribution in [2.24, 2.45) is 0 Å². The molecule has 1 aromatic rings. The second-order valence-corrected chi connectivity index (χ2v) is 3.06. The number of nitrogen functional groups attached to an aromatic ring is 1. The summed E-state index contributed by atoms with van der Waals surface area (Å²) >= 11 is 1.00. The Balaban J connectivity index is 3.20. The van der Waals surface area contributed by atoms with Crippen LogP contribution >= 0.6 is 11.8 Å². The molecule has 5 heteroatoms. The number of anilines is 1. The van der Waals surface area contributed by atoms with E-state index in [1.807, 2.05) is 19.2 Å². The number of aryl methyl sites for hydroxylation is 1. The van der Waals surface area contributed by atoms with Crippen molar-refractivity contribution in [1.82, 2.24) is 9.97 Å². The third-order valence-corrected chi connectivity index (χ3v) is 2.19. The zero-order valence-corrected chi connectivity index (χ0v) is 7.64. The summed E-state index contributed by atoms with van der Waals surface area (Å²) in [4.78, 5) is 7.89. The Labute approximate surface area is 74.8 Å². The second kappa shape index (κ2) is 3.41. The molecule has 0 amide bonds. The first-order valence-corrected chi connectivity index (χ1v) is 4.13. The summed E-state index contributed by atoms with van der Waals surface area (Å²) in [6.45, 7) is 3.71. The van der Waals surface area contributed by atoms with Crippen LogP contribution < -0.4 is 5.73 Å². The van der Waals surface area contributed by atoms with Gasteiger partial charge in [0.05, 0.1) is 0 Å². The molecule has 12 heavy (non-hydrogen) atoms. The van der Waals surface area contributed by atoms with E-state index in [-0.39, 0.29) is 5.95 Å². The Morgan fingerprint density at radius 2 is 2.08 bits per heavy atom. The lowest BCUT2D eigenvalue weighted by atomic mass is 10.3. The van der Waals surface area contributed by atoms with Gasteiger partial charge in [-0.05, 0) is 13.8 Å². The zero-order valence-electron chi connectivity index (χ0n) is 6.83. The van der Waals surface area contributed by atoms with Crippen LogP contribution in [-0.4, -0.2) is 9.97 Å². The van der Waals surface area contributed by atoms with Crippen molar-refractivity contribution in [2.75, 3.05) is 5.73 Å². The number of nitriles is 1. The van der Waals surface area contributed by atoms with Gasteiger partial charge in [0.15, 0.2) is 0 Å². The molecule has 0 saturated carbocycles. The van der Waals surface area contributed by atoms with Gasteiger partial charge in [-0.3, -0.25) is 0 Å². The summed E-state index contributed by atoms with van der Waals surface area (Å²) in [5.74, 6) is 0.218. The molecule has 62 valence electrons. The lowest BCUT2D eigenvalue weighted by Gasteiger charge is -2.03. The molecule has 0 unspecified atom stereocenters. The fraction of sp³-hybridized carbons (Fsp3) is 0.286. The Kier molecular flexibility index (Phi) is 2.51. The number of hydrogen-bond acceptors (Lipinski definition) is 5. The van der Waals surface area contributed by atoms with Gasteiger partial charge in [0.2, 0.25) is 5.95 Å². The molecule has 4 nitrogen and oxygen atoms in total. The van der Waals surface area contributed by atoms with Crippen LogP contribution in [0.3, 0.4) is 0 Å². The summed E-state index contributed by atoms with van der Waals surface area (Å²) < 4.78 is 0. The van der Waals surface area contributed by atoms with Crippen molar-refractivity contribution >= 4 is 17.7 Å². The first-order chi connectivity index (χ1) is 5.65. The maximum Gasteiger partial charge on any atom is 0.221 e. The summed E-state index contributed by atoms with van der Waals surface area (Å²) in [6.07, 6.45) is 0. The Morgan fingerprint density at radius 1 is 1.42 bits per heavy atom. The van der Waals surface area contributed by atoms with E-state index in [9.17, 15) is 0 Å². The number of nitrogens with two attached hydrogens (primary N) is 1. The molecule has 1 rings (SSSR count). The molecular formula is C7H8N4S. The minimum atomic E-state index is 0.218. The van der Waals surface area contributed by atoms with Gasteiger partial charge in [-0.1, -0.05) is 0 Å². The minimum Gasteiger partial charge on any atom is -0.368 e. The van der Waals surface area contributed by atoms with Crippen LogP contribution in [-0.2, 0) is 0 Å². The lowest BCUT2D eigenvalue weighted by Crippen LogP contribution is -2.00. The van der Waals surface area contributed by atoms with Crippen molar-refractivity contribution < 1.29 is 0 Å². The Hall–Kier alpha value is -1.28. The number of aromatic nitrogens is 2. The van der Waals surface area contributed by atoms with Crippen molar-refractivity contribution in [3.05, 3.63) is 11.3 Å². The van der Waals surface area contributed by atoms with E-state index >= 15 is 0 Å². The first kappa shape index (κ1) is 8.81. The third kappa shape index (κ3) is 1.66. The molecule has 0 radical (unpaired) electrons. The fourth-order valence-corrected chi connectivity index (χ4v) is 1.29. The van der Waals surface area contributed by atoms with E-state index in [1.54, 1.807) is 0 Å². The van der Waals surface area contributed by atoms with Crippen molar-refractivity contribution in [2.45, 2.75) is 18.9 Å². The van der Waals surface area contributed by atoms with Gasteiger partial charge in [0, 0.05) is 23.0 Å². The molecule has 0 aliphatic heterocycles. The lowest BCUT2D eigenvalue weighted by molar-refractivity contribution is 0.980. The van der Waals surface area contributed by atoms with Gasteiger partial charge in [0.1, 0.15) is 10.4 Å². The summed E-state index contributed by atoms with van der Waals surface area (Å²) in [6, 6.07) is 0. The van der Waals surface area contributed by atoms with E-state index in [4.69, 9.17) is 11.0 Å². The molecule has 2 N–H and O–H groups in total. The highest BCUT2D eigenvalue weighted by Gasteiger charge is 2.05. The molecule has 0 saturated heterocycles. The minimum absolute atomic E-state index is 0.218. The zero-order chi connectivity index (χ0) is 9.14. The second-order valence-electron chi connectivity index (χ2n) is 2.29. The molecule has 0 aliphatic rings. The number of thioether (sulfide) groups is 1. The highest BCUT2D eigenvalue weighted by molar-refractivity contribution is 8.03. The molecular weight excluding hydrogens is 172 g/mol. The van der Waals surface area contributed by atoms with Crippen LogP contribution in [0.15, 0.2) is 5.03 Å². The average Bonchev–Trinajstić information content (AvgIpc) is 2.00. The van der Waals surface area contributed by atoms with Crippen LogP contribution in [0.25, 0.3) is 0 Å². The highest BCUT2D eigenvalue weighted by atomic mass is 32.2. The van der Waals surface area contributed by atoms with Crippen LogP contribution in [0, 0.1) is 24.5 Å². The van der Waals surface area contributed by atoms with Gasteiger partial charge >= 0.3 is 0 Å². The summed E-state index contributed by atoms with van der Waals surface area (Å²) in [7, 11) is 0. The largest absolute Gasteiger partial charge is 0.368 e. The molecule has 0 aliphatic carbocycles. The van der Waals surface area contributed by atoms with Crippen LogP contribution in [0.5, 0.6) is 0 Å². The van der Waals surface area contributed by atoms with E-state index in [0.29, 0.717) is 5.03 Å². The number of nitrogens with zero attached hydrogens (tertiary/aromatic N) is 3. The molecule has 1 heterocycles. The van der Waals surface area contributed by atoms with Crippen LogP contribution in [0.4, 0.5) is 5.95 Å². The highest BCUT2D eigenvalue weighted by Crippen LogP contribution is 2.20. The standard InChI is InChI=1S/C7H8N4S/c1-4-5(2)10-7(9)11-6(4)12-3-8/h1-2H3,(H2,9,10,11). The molecule has 0 atom stereocenters. The van der Waals surface area contributed by atoms with Gasteiger partial charge in [-0.2, -0.15) is 5.26 Å². The van der Waals surface area contributed by atoms with Gasteiger partial charge in [-0.15, -0.1) is 0 Å². The van der Waals surface area contributed by atoms with E-state index < -0.39 is 0 Å². The number of thiocyanates is 1. The Bertz CT molecular complexity index is 342. The average molecular weight is 180 g/mol. The van der Waals surface area contributed by atoms with Crippen molar-refractivity contribution in [3.63, 3.8) is 0 Å². The van der Waals surface area contributed by atoms with Gasteiger partial charge in [0.25, 0.3) is 0 Å². The maximum atomic E-state index is 8.44. The monoisotopic (exact) mass is 180 g/mol. The van der Waals surface area contributed by atoms with E-state index in [1.165, 1.54) is 0 Å². The van der Waals surface area contributed by atoms with Gasteiger partial charge in [-0.25, -0.2) is 9.97 Å². The SMILES string of the molecule is Cc1nc(N)nc(SC#N)c1C. The van der Waals surface area contributed by atoms with E-state index in [0.717, 1.165) is 23.0 Å². The molecule has 0 spiro atoms. The van der Waals surface area contributed by atoms with Crippen LogP contribution in [0.1, 0.15) is 11.3 Å². The van der Waals surface area contributed by atoms with Gasteiger partial charge < -0.3 is 5.73 Å². The first-order valence-electron chi connectivity index (χ1n) is 3.31. The van der Waals surface area contributed by atoms with Crippen molar-refractivity contribution in [3.8, 4) is 5.40 Å². The van der Waals surface area contributed by atoms with Crippen LogP contribution in [0.2, 0.25) is 0 Å². The molecule has 0 bridgehead atoms. The predicted octanol–water partition coefficient (Wildman–Crippen LogP) is 1.25.